The highest BCUT2D eigenvalue weighted by Crippen LogP contribution is 2.21. The van der Waals surface area contributed by atoms with Crippen molar-refractivity contribution in [3.63, 3.8) is 0 Å². The lowest BCUT2D eigenvalue weighted by Crippen LogP contribution is -2.51. The van der Waals surface area contributed by atoms with E-state index in [1.54, 1.807) is 0 Å². The first-order valence-electron chi connectivity index (χ1n) is 6.21. The fourth-order valence-corrected chi connectivity index (χ4v) is 2.23. The fourth-order valence-electron chi connectivity index (χ4n) is 2.23. The number of amides is 1. The van der Waals surface area contributed by atoms with E-state index < -0.39 is 5.54 Å². The molecule has 6 heteroatoms. The van der Waals surface area contributed by atoms with E-state index >= 15 is 0 Å². The summed E-state index contributed by atoms with van der Waals surface area (Å²) in [6.45, 7) is 2.69. The number of nitrogens with zero attached hydrogens (tertiary/aromatic N) is 1. The number of imidazole rings is 1. The van der Waals surface area contributed by atoms with Gasteiger partial charge in [-0.05, 0) is 31.5 Å². The van der Waals surface area contributed by atoms with Crippen molar-refractivity contribution in [3.8, 4) is 0 Å². The predicted molar refractivity (Wildman–Crippen MR) is 71.8 cm³/mol. The molecule has 1 atom stereocenters. The summed E-state index contributed by atoms with van der Waals surface area (Å²) in [4.78, 5) is 19.6. The van der Waals surface area contributed by atoms with E-state index in [9.17, 15) is 4.79 Å². The average Bonchev–Trinajstić information content (AvgIpc) is 2.95. The van der Waals surface area contributed by atoms with Gasteiger partial charge in [0.05, 0.1) is 17.6 Å². The molecular weight excluding hydrogens is 244 g/mol. The minimum absolute atomic E-state index is 0.208. The van der Waals surface area contributed by atoms with Gasteiger partial charge in [-0.3, -0.25) is 4.79 Å². The first-order chi connectivity index (χ1) is 9.07. The van der Waals surface area contributed by atoms with Crippen LogP contribution in [0.15, 0.2) is 18.2 Å². The van der Waals surface area contributed by atoms with Crippen molar-refractivity contribution in [3.05, 3.63) is 24.0 Å². The summed E-state index contributed by atoms with van der Waals surface area (Å²) in [6.07, 6.45) is 0.546. The van der Waals surface area contributed by atoms with E-state index in [1.807, 2.05) is 25.1 Å². The molecule has 1 fully saturated rings. The van der Waals surface area contributed by atoms with Crippen LogP contribution in [0.2, 0.25) is 0 Å². The standard InChI is InChI=1S/C13H16N4O2/c1-8-15-10-3-2-9(6-11(10)16-8)17-12(18)13(14)4-5-19-7-13/h2-3,6H,4-5,7,14H2,1H3,(H,15,16)(H,17,18). The van der Waals surface area contributed by atoms with Gasteiger partial charge in [-0.1, -0.05) is 0 Å². The quantitative estimate of drug-likeness (QED) is 0.748. The van der Waals surface area contributed by atoms with Gasteiger partial charge < -0.3 is 20.8 Å². The fraction of sp³-hybridized carbons (Fsp3) is 0.385. The van der Waals surface area contributed by atoms with Crippen molar-refractivity contribution in [2.75, 3.05) is 18.5 Å². The third kappa shape index (κ3) is 2.20. The Morgan fingerprint density at radius 3 is 3.16 bits per heavy atom. The number of carbonyl (C=O) groups is 1. The molecule has 19 heavy (non-hydrogen) atoms. The van der Waals surface area contributed by atoms with Gasteiger partial charge in [-0.15, -0.1) is 0 Å². The number of benzene rings is 1. The van der Waals surface area contributed by atoms with Crippen LogP contribution in [0.4, 0.5) is 5.69 Å². The summed E-state index contributed by atoms with van der Waals surface area (Å²) in [5, 5.41) is 2.83. The highest BCUT2D eigenvalue weighted by atomic mass is 16.5. The lowest BCUT2D eigenvalue weighted by molar-refractivity contribution is -0.121. The van der Waals surface area contributed by atoms with Crippen LogP contribution in [0.5, 0.6) is 0 Å². The van der Waals surface area contributed by atoms with Crippen molar-refractivity contribution in [1.82, 2.24) is 9.97 Å². The monoisotopic (exact) mass is 260 g/mol. The first kappa shape index (κ1) is 12.1. The van der Waals surface area contributed by atoms with E-state index in [0.717, 1.165) is 16.9 Å². The third-order valence-electron chi connectivity index (χ3n) is 3.36. The van der Waals surface area contributed by atoms with Gasteiger partial charge in [0.1, 0.15) is 11.4 Å². The molecule has 6 nitrogen and oxygen atoms in total. The van der Waals surface area contributed by atoms with E-state index in [0.29, 0.717) is 18.7 Å². The van der Waals surface area contributed by atoms with E-state index in [-0.39, 0.29) is 12.5 Å². The normalized spacial score (nSPS) is 22.8. The molecule has 1 aromatic carbocycles. The van der Waals surface area contributed by atoms with Crippen molar-refractivity contribution < 1.29 is 9.53 Å². The summed E-state index contributed by atoms with van der Waals surface area (Å²) >= 11 is 0. The lowest BCUT2D eigenvalue weighted by Gasteiger charge is -2.20. The molecule has 0 spiro atoms. The molecule has 0 aliphatic carbocycles. The molecule has 1 aromatic heterocycles. The van der Waals surface area contributed by atoms with Gasteiger partial charge in [-0.2, -0.15) is 0 Å². The number of anilines is 1. The number of carbonyl (C=O) groups excluding carboxylic acids is 1. The van der Waals surface area contributed by atoms with Crippen LogP contribution in [0, 0.1) is 6.92 Å². The summed E-state index contributed by atoms with van der Waals surface area (Å²) < 4.78 is 5.19. The number of aryl methyl sites for hydroxylation is 1. The highest BCUT2D eigenvalue weighted by molar-refractivity contribution is 5.99. The Kier molecular flexibility index (Phi) is 2.76. The first-order valence-corrected chi connectivity index (χ1v) is 6.21. The summed E-state index contributed by atoms with van der Waals surface area (Å²) in [6, 6.07) is 5.54. The minimum atomic E-state index is -0.918. The number of ether oxygens (including phenoxy) is 1. The summed E-state index contributed by atoms with van der Waals surface area (Å²) in [7, 11) is 0. The maximum atomic E-state index is 12.1. The third-order valence-corrected chi connectivity index (χ3v) is 3.36. The Labute approximate surface area is 110 Å². The summed E-state index contributed by atoms with van der Waals surface area (Å²) in [5.41, 5.74) is 7.57. The predicted octanol–water partition coefficient (Wildman–Crippen LogP) is 0.928. The molecule has 1 saturated heterocycles. The molecule has 0 radical (unpaired) electrons. The van der Waals surface area contributed by atoms with Crippen molar-refractivity contribution >= 4 is 22.6 Å². The maximum absolute atomic E-state index is 12.1. The average molecular weight is 260 g/mol. The number of nitrogens with two attached hydrogens (primary N) is 1. The zero-order chi connectivity index (χ0) is 13.5. The Hall–Kier alpha value is -1.92. The molecule has 1 unspecified atom stereocenters. The molecule has 3 rings (SSSR count). The topological polar surface area (TPSA) is 93.0 Å². The Balaban J connectivity index is 1.82. The van der Waals surface area contributed by atoms with Gasteiger partial charge in [0.2, 0.25) is 5.91 Å². The van der Waals surface area contributed by atoms with Crippen LogP contribution in [0.1, 0.15) is 12.2 Å². The van der Waals surface area contributed by atoms with Gasteiger partial charge in [0.25, 0.3) is 0 Å². The van der Waals surface area contributed by atoms with Crippen molar-refractivity contribution in [2.45, 2.75) is 18.9 Å². The molecule has 1 aliphatic rings. The van der Waals surface area contributed by atoms with Crippen LogP contribution >= 0.6 is 0 Å². The highest BCUT2D eigenvalue weighted by Gasteiger charge is 2.38. The number of H-pyrrole nitrogens is 1. The smallest absolute Gasteiger partial charge is 0.246 e. The zero-order valence-corrected chi connectivity index (χ0v) is 10.7. The Bertz CT molecular complexity index is 629. The zero-order valence-electron chi connectivity index (χ0n) is 10.7. The Morgan fingerprint density at radius 1 is 1.58 bits per heavy atom. The number of hydrogen-bond donors (Lipinski definition) is 3. The number of fused-ring (bicyclic) bond motifs is 1. The number of nitrogens with one attached hydrogen (secondary N) is 2. The molecular formula is C13H16N4O2. The van der Waals surface area contributed by atoms with Crippen LogP contribution < -0.4 is 11.1 Å². The molecule has 2 aromatic rings. The Morgan fingerprint density at radius 2 is 2.42 bits per heavy atom. The maximum Gasteiger partial charge on any atom is 0.246 e. The molecule has 100 valence electrons. The van der Waals surface area contributed by atoms with Gasteiger partial charge in [0.15, 0.2) is 0 Å². The van der Waals surface area contributed by atoms with Gasteiger partial charge >= 0.3 is 0 Å². The van der Waals surface area contributed by atoms with Crippen LogP contribution in [-0.2, 0) is 9.53 Å². The second-order valence-corrected chi connectivity index (χ2v) is 4.97. The second kappa shape index (κ2) is 4.32. The van der Waals surface area contributed by atoms with E-state index in [4.69, 9.17) is 10.5 Å². The van der Waals surface area contributed by atoms with E-state index in [1.165, 1.54) is 0 Å². The molecule has 2 heterocycles. The number of aromatic nitrogens is 2. The molecule has 1 aliphatic heterocycles. The lowest BCUT2D eigenvalue weighted by atomic mass is 9.99. The van der Waals surface area contributed by atoms with Crippen LogP contribution in [-0.4, -0.2) is 34.6 Å². The largest absolute Gasteiger partial charge is 0.379 e. The molecule has 1 amide bonds. The van der Waals surface area contributed by atoms with Crippen molar-refractivity contribution in [1.29, 1.82) is 0 Å². The molecule has 0 bridgehead atoms. The molecule has 0 saturated carbocycles. The SMILES string of the molecule is Cc1nc2ccc(NC(=O)C3(N)CCOC3)cc2[nH]1. The van der Waals surface area contributed by atoms with Crippen LogP contribution in [0.3, 0.4) is 0 Å². The summed E-state index contributed by atoms with van der Waals surface area (Å²) in [5.74, 6) is 0.638. The van der Waals surface area contributed by atoms with Crippen molar-refractivity contribution in [2.24, 2.45) is 5.73 Å². The van der Waals surface area contributed by atoms with Gasteiger partial charge in [0, 0.05) is 12.3 Å². The second-order valence-electron chi connectivity index (χ2n) is 4.97. The number of hydrogen-bond acceptors (Lipinski definition) is 4. The molecule has 4 N–H and O–H groups in total. The van der Waals surface area contributed by atoms with Gasteiger partial charge in [-0.25, -0.2) is 4.98 Å². The minimum Gasteiger partial charge on any atom is -0.379 e. The van der Waals surface area contributed by atoms with E-state index in [2.05, 4.69) is 15.3 Å². The number of aromatic amines is 1. The number of rotatable bonds is 2. The van der Waals surface area contributed by atoms with Crippen LogP contribution in [0.25, 0.3) is 11.0 Å².